The largest absolute Gasteiger partial charge is 0.369 e. The summed E-state index contributed by atoms with van der Waals surface area (Å²) >= 11 is 11.5. The van der Waals surface area contributed by atoms with Crippen LogP contribution >= 0.6 is 23.2 Å². The van der Waals surface area contributed by atoms with Crippen LogP contribution in [0.5, 0.6) is 0 Å². The van der Waals surface area contributed by atoms with Crippen LogP contribution in [0.2, 0.25) is 10.2 Å². The third-order valence-corrected chi connectivity index (χ3v) is 2.84. The van der Waals surface area contributed by atoms with Crippen LogP contribution in [0.3, 0.4) is 0 Å². The van der Waals surface area contributed by atoms with Gasteiger partial charge in [0.25, 0.3) is 0 Å². The van der Waals surface area contributed by atoms with Gasteiger partial charge in [0.1, 0.15) is 5.15 Å². The molecule has 2 N–H and O–H groups in total. The highest BCUT2D eigenvalue weighted by Gasteiger charge is 2.26. The summed E-state index contributed by atoms with van der Waals surface area (Å²) in [4.78, 5) is 15.2. The van der Waals surface area contributed by atoms with Crippen molar-refractivity contribution in [2.75, 3.05) is 0 Å². The highest BCUT2D eigenvalue weighted by molar-refractivity contribution is 6.41. The number of halogens is 2. The Morgan fingerprint density at radius 3 is 2.53 bits per heavy atom. The lowest BCUT2D eigenvalue weighted by atomic mass is 9.87. The van der Waals surface area contributed by atoms with Gasteiger partial charge >= 0.3 is 0 Å². The fraction of sp³-hybridized carbons (Fsp3) is 0.400. The predicted molar refractivity (Wildman–Crippen MR) is 60.9 cm³/mol. The molecule has 15 heavy (non-hydrogen) atoms. The first kappa shape index (κ1) is 12.3. The van der Waals surface area contributed by atoms with E-state index in [1.165, 1.54) is 0 Å². The van der Waals surface area contributed by atoms with Crippen molar-refractivity contribution in [3.05, 3.63) is 28.0 Å². The molecule has 0 saturated heterocycles. The van der Waals surface area contributed by atoms with E-state index in [4.69, 9.17) is 28.9 Å². The fourth-order valence-electron chi connectivity index (χ4n) is 1.09. The van der Waals surface area contributed by atoms with Crippen molar-refractivity contribution in [1.82, 2.24) is 4.98 Å². The SMILES string of the molecule is CC(C)(Cc1ccc(Cl)c(Cl)n1)C(N)=O. The van der Waals surface area contributed by atoms with Gasteiger partial charge in [-0.15, -0.1) is 0 Å². The minimum atomic E-state index is -0.635. The molecule has 0 radical (unpaired) electrons. The van der Waals surface area contributed by atoms with Crippen LogP contribution < -0.4 is 5.73 Å². The van der Waals surface area contributed by atoms with Gasteiger partial charge in [-0.3, -0.25) is 4.79 Å². The monoisotopic (exact) mass is 246 g/mol. The van der Waals surface area contributed by atoms with E-state index >= 15 is 0 Å². The number of nitrogens with zero attached hydrogens (tertiary/aromatic N) is 1. The molecule has 0 aromatic carbocycles. The van der Waals surface area contributed by atoms with Gasteiger partial charge in [0.15, 0.2) is 0 Å². The van der Waals surface area contributed by atoms with Gasteiger partial charge < -0.3 is 5.73 Å². The van der Waals surface area contributed by atoms with E-state index in [9.17, 15) is 4.79 Å². The zero-order chi connectivity index (χ0) is 11.6. The Labute approximate surface area is 98.6 Å². The van der Waals surface area contributed by atoms with E-state index < -0.39 is 5.41 Å². The third-order valence-electron chi connectivity index (χ3n) is 2.15. The molecule has 0 aliphatic carbocycles. The zero-order valence-electron chi connectivity index (χ0n) is 8.55. The molecule has 1 heterocycles. The van der Waals surface area contributed by atoms with Gasteiger partial charge in [-0.05, 0) is 12.1 Å². The topological polar surface area (TPSA) is 56.0 Å². The van der Waals surface area contributed by atoms with Crippen molar-refractivity contribution in [2.24, 2.45) is 11.1 Å². The van der Waals surface area contributed by atoms with Crippen molar-refractivity contribution < 1.29 is 4.79 Å². The quantitative estimate of drug-likeness (QED) is 0.834. The Morgan fingerprint density at radius 2 is 2.07 bits per heavy atom. The highest BCUT2D eigenvalue weighted by Crippen LogP contribution is 2.24. The number of amides is 1. The number of primary amides is 1. The minimum absolute atomic E-state index is 0.245. The normalized spacial score (nSPS) is 11.5. The molecule has 1 rings (SSSR count). The Balaban J connectivity index is 2.91. The molecule has 0 unspecified atom stereocenters. The third kappa shape index (κ3) is 3.08. The van der Waals surface area contributed by atoms with Crippen molar-refractivity contribution in [3.8, 4) is 0 Å². The van der Waals surface area contributed by atoms with Crippen LogP contribution in [0.1, 0.15) is 19.5 Å². The van der Waals surface area contributed by atoms with Gasteiger partial charge in [0, 0.05) is 17.5 Å². The van der Waals surface area contributed by atoms with Crippen LogP contribution in [0.15, 0.2) is 12.1 Å². The summed E-state index contributed by atoms with van der Waals surface area (Å²) in [5.41, 5.74) is 5.33. The molecular formula is C10H12Cl2N2O. The fourth-order valence-corrected chi connectivity index (χ4v) is 1.37. The van der Waals surface area contributed by atoms with Gasteiger partial charge in [-0.25, -0.2) is 4.98 Å². The number of rotatable bonds is 3. The van der Waals surface area contributed by atoms with Crippen LogP contribution in [0, 0.1) is 5.41 Å². The summed E-state index contributed by atoms with van der Waals surface area (Å²) < 4.78 is 0. The molecule has 0 atom stereocenters. The summed E-state index contributed by atoms with van der Waals surface area (Å²) in [7, 11) is 0. The number of pyridine rings is 1. The molecule has 1 amide bonds. The molecule has 0 spiro atoms. The number of hydrogen-bond acceptors (Lipinski definition) is 2. The lowest BCUT2D eigenvalue weighted by molar-refractivity contribution is -0.125. The Hall–Kier alpha value is -0.800. The number of carbonyl (C=O) groups excluding carboxylic acids is 1. The van der Waals surface area contributed by atoms with E-state index in [0.717, 1.165) is 0 Å². The molecule has 1 aromatic rings. The average Bonchev–Trinajstić information content (AvgIpc) is 2.10. The predicted octanol–water partition coefficient (Wildman–Crippen LogP) is 2.44. The average molecular weight is 247 g/mol. The summed E-state index contributed by atoms with van der Waals surface area (Å²) in [5.74, 6) is -0.365. The van der Waals surface area contributed by atoms with Crippen LogP contribution in [-0.2, 0) is 11.2 Å². The standard InChI is InChI=1S/C10H12Cl2N2O/c1-10(2,9(13)15)5-6-3-4-7(11)8(12)14-6/h3-4H,5H2,1-2H3,(H2,13,15). The Bertz CT molecular complexity index is 391. The van der Waals surface area contributed by atoms with Crippen molar-refractivity contribution >= 4 is 29.1 Å². The van der Waals surface area contributed by atoms with Crippen molar-refractivity contribution in [3.63, 3.8) is 0 Å². The second-order valence-electron chi connectivity index (χ2n) is 4.00. The number of carbonyl (C=O) groups is 1. The summed E-state index contributed by atoms with van der Waals surface area (Å²) in [6.07, 6.45) is 0.444. The van der Waals surface area contributed by atoms with Crippen molar-refractivity contribution in [2.45, 2.75) is 20.3 Å². The van der Waals surface area contributed by atoms with E-state index in [0.29, 0.717) is 17.1 Å². The highest BCUT2D eigenvalue weighted by atomic mass is 35.5. The molecule has 0 bridgehead atoms. The first-order chi connectivity index (χ1) is 6.83. The van der Waals surface area contributed by atoms with Gasteiger partial charge in [-0.2, -0.15) is 0 Å². The van der Waals surface area contributed by atoms with Gasteiger partial charge in [0.05, 0.1) is 5.02 Å². The lowest BCUT2D eigenvalue weighted by Gasteiger charge is -2.19. The number of aromatic nitrogens is 1. The molecule has 0 aliphatic rings. The van der Waals surface area contributed by atoms with E-state index in [2.05, 4.69) is 4.98 Å². The van der Waals surface area contributed by atoms with Crippen LogP contribution in [0.4, 0.5) is 0 Å². The molecule has 1 aromatic heterocycles. The van der Waals surface area contributed by atoms with Gasteiger partial charge in [-0.1, -0.05) is 37.0 Å². The second-order valence-corrected chi connectivity index (χ2v) is 4.77. The van der Waals surface area contributed by atoms with E-state index in [1.807, 2.05) is 0 Å². The molecular weight excluding hydrogens is 235 g/mol. The molecule has 3 nitrogen and oxygen atoms in total. The Morgan fingerprint density at radius 1 is 1.47 bits per heavy atom. The maximum absolute atomic E-state index is 11.1. The van der Waals surface area contributed by atoms with Crippen LogP contribution in [0.25, 0.3) is 0 Å². The molecule has 0 fully saturated rings. The smallest absolute Gasteiger partial charge is 0.223 e. The first-order valence-corrected chi connectivity index (χ1v) is 5.19. The summed E-state index contributed by atoms with van der Waals surface area (Å²) in [5, 5.41) is 0.645. The first-order valence-electron chi connectivity index (χ1n) is 4.44. The van der Waals surface area contributed by atoms with Gasteiger partial charge in [0.2, 0.25) is 5.91 Å². The maximum Gasteiger partial charge on any atom is 0.223 e. The zero-order valence-corrected chi connectivity index (χ0v) is 10.1. The summed E-state index contributed by atoms with van der Waals surface area (Å²) in [6, 6.07) is 3.39. The Kier molecular flexibility index (Phi) is 3.58. The lowest BCUT2D eigenvalue weighted by Crippen LogP contribution is -2.33. The summed E-state index contributed by atoms with van der Waals surface area (Å²) in [6.45, 7) is 3.53. The van der Waals surface area contributed by atoms with Crippen molar-refractivity contribution in [1.29, 1.82) is 0 Å². The minimum Gasteiger partial charge on any atom is -0.369 e. The van der Waals surface area contributed by atoms with E-state index in [1.54, 1.807) is 26.0 Å². The molecule has 0 saturated carbocycles. The molecule has 82 valence electrons. The maximum atomic E-state index is 11.1. The molecule has 0 aliphatic heterocycles. The number of hydrogen-bond donors (Lipinski definition) is 1. The van der Waals surface area contributed by atoms with E-state index in [-0.39, 0.29) is 11.1 Å². The van der Waals surface area contributed by atoms with Crippen LogP contribution in [-0.4, -0.2) is 10.9 Å². The molecule has 5 heteroatoms. The second kappa shape index (κ2) is 4.37. The number of nitrogens with two attached hydrogens (primary N) is 1.